The highest BCUT2D eigenvalue weighted by Gasteiger charge is 2.14. The molecule has 0 aliphatic rings. The third kappa shape index (κ3) is 3.30. The zero-order chi connectivity index (χ0) is 16.9. The summed E-state index contributed by atoms with van der Waals surface area (Å²) in [5.74, 6) is 0.774. The second kappa shape index (κ2) is 7.00. The van der Waals surface area contributed by atoms with Crippen molar-refractivity contribution in [2.24, 2.45) is 0 Å². The van der Waals surface area contributed by atoms with Crippen molar-refractivity contribution in [2.75, 3.05) is 6.61 Å². The Balaban J connectivity index is 1.69. The van der Waals surface area contributed by atoms with E-state index in [0.29, 0.717) is 17.1 Å². The van der Waals surface area contributed by atoms with E-state index in [1.165, 1.54) is 0 Å². The van der Waals surface area contributed by atoms with Crippen molar-refractivity contribution < 1.29 is 18.7 Å². The van der Waals surface area contributed by atoms with Crippen LogP contribution in [0, 0.1) is 0 Å². The average Bonchev–Trinajstić information content (AvgIpc) is 3.14. The minimum absolute atomic E-state index is 0.176. The standard InChI is InChI=1S/C19H17NO4/c1-13(17-7-4-10-23-17)20-19(22)12-24-18-9-8-14-5-2-3-6-15(14)16(18)11-21/h2-11,13H,12H2,1H3,(H,20,22)/t13-/m0/s1. The lowest BCUT2D eigenvalue weighted by Crippen LogP contribution is -2.31. The molecule has 122 valence electrons. The van der Waals surface area contributed by atoms with E-state index in [0.717, 1.165) is 17.1 Å². The smallest absolute Gasteiger partial charge is 0.258 e. The third-order valence-corrected chi connectivity index (χ3v) is 3.75. The first-order valence-corrected chi connectivity index (χ1v) is 7.61. The zero-order valence-corrected chi connectivity index (χ0v) is 13.2. The summed E-state index contributed by atoms with van der Waals surface area (Å²) in [6.45, 7) is 1.65. The van der Waals surface area contributed by atoms with Gasteiger partial charge in [0.05, 0.1) is 17.9 Å². The number of ether oxygens (including phenoxy) is 1. The van der Waals surface area contributed by atoms with E-state index < -0.39 is 0 Å². The zero-order valence-electron chi connectivity index (χ0n) is 13.2. The number of benzene rings is 2. The molecule has 1 heterocycles. The first-order chi connectivity index (χ1) is 11.7. The maximum atomic E-state index is 12.0. The van der Waals surface area contributed by atoms with Crippen LogP contribution >= 0.6 is 0 Å². The number of amides is 1. The van der Waals surface area contributed by atoms with Crippen molar-refractivity contribution in [3.05, 3.63) is 66.1 Å². The quantitative estimate of drug-likeness (QED) is 0.705. The highest BCUT2D eigenvalue weighted by molar-refractivity contribution is 6.00. The summed E-state index contributed by atoms with van der Waals surface area (Å²) in [5, 5.41) is 4.53. The number of nitrogens with one attached hydrogen (secondary N) is 1. The molecule has 3 aromatic rings. The molecule has 0 aliphatic heterocycles. The summed E-state index contributed by atoms with van der Waals surface area (Å²) < 4.78 is 10.8. The summed E-state index contributed by atoms with van der Waals surface area (Å²) in [6.07, 6.45) is 2.31. The summed E-state index contributed by atoms with van der Waals surface area (Å²) in [4.78, 5) is 23.4. The fourth-order valence-electron chi connectivity index (χ4n) is 2.56. The molecule has 2 aromatic carbocycles. The Hall–Kier alpha value is -3.08. The molecule has 0 saturated heterocycles. The van der Waals surface area contributed by atoms with Gasteiger partial charge in [-0.05, 0) is 35.9 Å². The number of aldehydes is 1. The normalized spacial score (nSPS) is 11.9. The van der Waals surface area contributed by atoms with E-state index in [2.05, 4.69) is 5.32 Å². The summed E-state index contributed by atoms with van der Waals surface area (Å²) >= 11 is 0. The maximum absolute atomic E-state index is 12.0. The lowest BCUT2D eigenvalue weighted by Gasteiger charge is -2.13. The molecule has 1 amide bonds. The van der Waals surface area contributed by atoms with E-state index in [-0.39, 0.29) is 18.6 Å². The molecule has 0 bridgehead atoms. The van der Waals surface area contributed by atoms with Gasteiger partial charge < -0.3 is 14.5 Å². The lowest BCUT2D eigenvalue weighted by atomic mass is 10.0. The second-order valence-electron chi connectivity index (χ2n) is 5.41. The maximum Gasteiger partial charge on any atom is 0.258 e. The number of carbonyl (C=O) groups excluding carboxylic acids is 2. The van der Waals surface area contributed by atoms with Crippen LogP contribution in [0.2, 0.25) is 0 Å². The minimum atomic E-state index is -0.288. The van der Waals surface area contributed by atoms with Gasteiger partial charge in [-0.1, -0.05) is 30.3 Å². The van der Waals surface area contributed by atoms with E-state index in [9.17, 15) is 9.59 Å². The number of hydrogen-bond donors (Lipinski definition) is 1. The summed E-state index contributed by atoms with van der Waals surface area (Å²) in [7, 11) is 0. The number of hydrogen-bond acceptors (Lipinski definition) is 4. The van der Waals surface area contributed by atoms with Gasteiger partial charge >= 0.3 is 0 Å². The van der Waals surface area contributed by atoms with Gasteiger partial charge in [-0.15, -0.1) is 0 Å². The van der Waals surface area contributed by atoms with Crippen LogP contribution in [0.4, 0.5) is 0 Å². The van der Waals surface area contributed by atoms with Crippen molar-refractivity contribution in [1.82, 2.24) is 5.32 Å². The Kier molecular flexibility index (Phi) is 4.61. The molecule has 24 heavy (non-hydrogen) atoms. The first kappa shape index (κ1) is 15.8. The Morgan fingerprint density at radius 1 is 1.21 bits per heavy atom. The van der Waals surface area contributed by atoms with Crippen molar-refractivity contribution in [2.45, 2.75) is 13.0 Å². The Morgan fingerprint density at radius 2 is 2.04 bits per heavy atom. The van der Waals surface area contributed by atoms with Crippen LogP contribution in [0.1, 0.15) is 29.1 Å². The topological polar surface area (TPSA) is 68.5 Å². The molecule has 1 aromatic heterocycles. The van der Waals surface area contributed by atoms with Gasteiger partial charge in [0.1, 0.15) is 11.5 Å². The Bertz CT molecular complexity index is 855. The molecule has 0 unspecified atom stereocenters. The fraction of sp³-hybridized carbons (Fsp3) is 0.158. The molecule has 0 spiro atoms. The predicted molar refractivity (Wildman–Crippen MR) is 90.1 cm³/mol. The van der Waals surface area contributed by atoms with Crippen molar-refractivity contribution in [3.63, 3.8) is 0 Å². The fourth-order valence-corrected chi connectivity index (χ4v) is 2.56. The Morgan fingerprint density at radius 3 is 2.79 bits per heavy atom. The van der Waals surface area contributed by atoms with Crippen molar-refractivity contribution in [1.29, 1.82) is 0 Å². The van der Waals surface area contributed by atoms with Crippen LogP contribution in [-0.2, 0) is 4.79 Å². The summed E-state index contributed by atoms with van der Waals surface area (Å²) in [6, 6.07) is 14.4. The largest absolute Gasteiger partial charge is 0.483 e. The number of furan rings is 1. The van der Waals surface area contributed by atoms with Gasteiger partial charge in [0.25, 0.3) is 5.91 Å². The molecule has 0 saturated carbocycles. The van der Waals surface area contributed by atoms with Crippen molar-refractivity contribution in [3.8, 4) is 5.75 Å². The van der Waals surface area contributed by atoms with E-state index in [4.69, 9.17) is 9.15 Å². The molecule has 0 radical (unpaired) electrons. The molecule has 3 rings (SSSR count). The van der Waals surface area contributed by atoms with Crippen LogP contribution in [0.25, 0.3) is 10.8 Å². The molecule has 1 N–H and O–H groups in total. The monoisotopic (exact) mass is 323 g/mol. The van der Waals surface area contributed by atoms with Gasteiger partial charge in [-0.3, -0.25) is 9.59 Å². The van der Waals surface area contributed by atoms with Gasteiger partial charge in [0, 0.05) is 0 Å². The van der Waals surface area contributed by atoms with Crippen LogP contribution in [0.15, 0.2) is 59.2 Å². The second-order valence-corrected chi connectivity index (χ2v) is 5.41. The highest BCUT2D eigenvalue weighted by Crippen LogP contribution is 2.26. The highest BCUT2D eigenvalue weighted by atomic mass is 16.5. The number of carbonyl (C=O) groups is 2. The van der Waals surface area contributed by atoms with Gasteiger partial charge in [0.2, 0.25) is 0 Å². The average molecular weight is 323 g/mol. The SMILES string of the molecule is C[C@H](NC(=O)COc1ccc2ccccc2c1C=O)c1ccco1. The van der Waals surface area contributed by atoms with Crippen LogP contribution in [0.5, 0.6) is 5.75 Å². The van der Waals surface area contributed by atoms with Gasteiger partial charge in [-0.25, -0.2) is 0 Å². The molecule has 0 aliphatic carbocycles. The van der Waals surface area contributed by atoms with E-state index in [1.807, 2.05) is 37.3 Å². The molecule has 5 nitrogen and oxygen atoms in total. The van der Waals surface area contributed by atoms with Crippen LogP contribution in [-0.4, -0.2) is 18.8 Å². The minimum Gasteiger partial charge on any atom is -0.483 e. The third-order valence-electron chi connectivity index (χ3n) is 3.75. The molecule has 5 heteroatoms. The molecular formula is C19H17NO4. The Labute approximate surface area is 139 Å². The van der Waals surface area contributed by atoms with Gasteiger partial charge in [0.15, 0.2) is 12.9 Å². The van der Waals surface area contributed by atoms with E-state index in [1.54, 1.807) is 24.5 Å². The lowest BCUT2D eigenvalue weighted by molar-refractivity contribution is -0.123. The molecular weight excluding hydrogens is 306 g/mol. The number of fused-ring (bicyclic) bond motifs is 1. The predicted octanol–water partition coefficient (Wildman–Crippen LogP) is 3.50. The molecule has 1 atom stereocenters. The number of rotatable bonds is 6. The van der Waals surface area contributed by atoms with Gasteiger partial charge in [-0.2, -0.15) is 0 Å². The van der Waals surface area contributed by atoms with Crippen LogP contribution < -0.4 is 10.1 Å². The van der Waals surface area contributed by atoms with Crippen molar-refractivity contribution >= 4 is 23.0 Å². The van der Waals surface area contributed by atoms with Crippen LogP contribution in [0.3, 0.4) is 0 Å². The summed E-state index contributed by atoms with van der Waals surface area (Å²) in [5.41, 5.74) is 0.444. The first-order valence-electron chi connectivity index (χ1n) is 7.61. The molecule has 0 fully saturated rings. The van der Waals surface area contributed by atoms with E-state index >= 15 is 0 Å².